The van der Waals surface area contributed by atoms with Crippen LogP contribution < -0.4 is 4.90 Å². The Hall–Kier alpha value is -4.88. The molecule has 0 saturated heterocycles. The summed E-state index contributed by atoms with van der Waals surface area (Å²) in [5.74, 6) is 0. The highest BCUT2D eigenvalue weighted by Gasteiger charge is 2.46. The van der Waals surface area contributed by atoms with E-state index >= 15 is 0 Å². The zero-order valence-corrected chi connectivity index (χ0v) is 24.3. The summed E-state index contributed by atoms with van der Waals surface area (Å²) in [6.07, 6.45) is 2.05. The summed E-state index contributed by atoms with van der Waals surface area (Å²) in [7, 11) is 0. The van der Waals surface area contributed by atoms with E-state index < -0.39 is 5.41 Å². The van der Waals surface area contributed by atoms with E-state index in [2.05, 4.69) is 170 Å². The molecule has 0 aliphatic heterocycles. The number of nitrogens with zero attached hydrogens (tertiary/aromatic N) is 1. The second-order valence-electron chi connectivity index (χ2n) is 11.1. The Labute approximate surface area is 249 Å². The van der Waals surface area contributed by atoms with Gasteiger partial charge in [-0.2, -0.15) is 0 Å². The minimum atomic E-state index is -0.422. The number of rotatable bonds is 7. The Morgan fingerprint density at radius 2 is 0.881 bits per heavy atom. The monoisotopic (exact) mass is 541 g/mol. The highest BCUT2D eigenvalue weighted by Crippen LogP contribution is 2.57. The van der Waals surface area contributed by atoms with E-state index in [-0.39, 0.29) is 0 Å². The van der Waals surface area contributed by atoms with E-state index in [1.165, 1.54) is 44.5 Å². The van der Waals surface area contributed by atoms with Crippen molar-refractivity contribution in [1.29, 1.82) is 0 Å². The maximum absolute atomic E-state index is 2.44. The molecule has 6 aromatic rings. The van der Waals surface area contributed by atoms with Crippen LogP contribution in [0, 0.1) is 0 Å². The minimum absolute atomic E-state index is 0.422. The largest absolute Gasteiger partial charge is 0.310 e. The summed E-state index contributed by atoms with van der Waals surface area (Å²) in [6, 6.07) is 56.1. The highest BCUT2D eigenvalue weighted by atomic mass is 15.1. The predicted octanol–water partition coefficient (Wildman–Crippen LogP) is 10.6. The average Bonchev–Trinajstić information content (AvgIpc) is 3.37. The number of fused-ring (bicyclic) bond motifs is 3. The maximum atomic E-state index is 2.44. The van der Waals surface area contributed by atoms with Crippen LogP contribution in [0.25, 0.3) is 11.1 Å². The van der Waals surface area contributed by atoms with Crippen molar-refractivity contribution in [2.24, 2.45) is 0 Å². The normalized spacial score (nSPS) is 12.9. The fourth-order valence-electron chi connectivity index (χ4n) is 6.78. The van der Waals surface area contributed by atoms with Crippen LogP contribution in [0.3, 0.4) is 0 Å². The minimum Gasteiger partial charge on any atom is -0.310 e. The van der Waals surface area contributed by atoms with Crippen molar-refractivity contribution in [3.05, 3.63) is 185 Å². The summed E-state index contributed by atoms with van der Waals surface area (Å²) in [5.41, 5.74) is 13.6. The molecule has 1 aliphatic rings. The lowest BCUT2D eigenvalue weighted by Crippen LogP contribution is -2.28. The maximum Gasteiger partial charge on any atom is 0.0714 e. The summed E-state index contributed by atoms with van der Waals surface area (Å²) in [6.45, 7) is 4.42. The topological polar surface area (TPSA) is 3.24 Å². The molecule has 7 rings (SSSR count). The quantitative estimate of drug-likeness (QED) is 0.194. The van der Waals surface area contributed by atoms with E-state index in [9.17, 15) is 0 Å². The first-order valence-electron chi connectivity index (χ1n) is 15.1. The van der Waals surface area contributed by atoms with Gasteiger partial charge in [-0.15, -0.1) is 0 Å². The van der Waals surface area contributed by atoms with Crippen molar-refractivity contribution in [3.63, 3.8) is 0 Å². The first-order valence-corrected chi connectivity index (χ1v) is 15.1. The van der Waals surface area contributed by atoms with Crippen molar-refractivity contribution in [2.45, 2.75) is 32.1 Å². The summed E-state index contributed by atoms with van der Waals surface area (Å²) >= 11 is 0. The number of anilines is 3. The molecule has 0 radical (unpaired) electrons. The first-order chi connectivity index (χ1) is 20.7. The highest BCUT2D eigenvalue weighted by molar-refractivity contribution is 5.89. The fourth-order valence-corrected chi connectivity index (χ4v) is 6.78. The zero-order valence-electron chi connectivity index (χ0n) is 24.3. The molecule has 0 atom stereocenters. The molecule has 0 fully saturated rings. The predicted molar refractivity (Wildman–Crippen MR) is 177 cm³/mol. The van der Waals surface area contributed by atoms with E-state index in [0.717, 1.165) is 29.9 Å². The van der Waals surface area contributed by atoms with Gasteiger partial charge in [-0.25, -0.2) is 0 Å². The van der Waals surface area contributed by atoms with Gasteiger partial charge >= 0.3 is 0 Å². The Balaban J connectivity index is 1.51. The Morgan fingerprint density at radius 1 is 0.429 bits per heavy atom. The molecule has 0 saturated carbocycles. The van der Waals surface area contributed by atoms with E-state index in [4.69, 9.17) is 0 Å². The van der Waals surface area contributed by atoms with Gasteiger partial charge in [-0.1, -0.05) is 129 Å². The third-order valence-corrected chi connectivity index (χ3v) is 8.91. The molecule has 204 valence electrons. The van der Waals surface area contributed by atoms with Gasteiger partial charge < -0.3 is 4.90 Å². The fraction of sp³-hybridized carbons (Fsp3) is 0.122. The lowest BCUT2D eigenvalue weighted by molar-refractivity contribution is 0.768. The van der Waals surface area contributed by atoms with Gasteiger partial charge in [0.15, 0.2) is 0 Å². The van der Waals surface area contributed by atoms with Crippen LogP contribution in [0.4, 0.5) is 17.1 Å². The number of aryl methyl sites for hydroxylation is 2. The molecule has 0 unspecified atom stereocenters. The van der Waals surface area contributed by atoms with Gasteiger partial charge in [-0.3, -0.25) is 0 Å². The van der Waals surface area contributed by atoms with Crippen molar-refractivity contribution in [3.8, 4) is 11.1 Å². The molecule has 0 aromatic heterocycles. The lowest BCUT2D eigenvalue weighted by Gasteiger charge is -2.35. The summed E-state index contributed by atoms with van der Waals surface area (Å²) in [4.78, 5) is 2.41. The summed E-state index contributed by atoms with van der Waals surface area (Å²) in [5, 5.41) is 0. The van der Waals surface area contributed by atoms with Gasteiger partial charge in [0.25, 0.3) is 0 Å². The van der Waals surface area contributed by atoms with Crippen LogP contribution in [0.1, 0.15) is 47.2 Å². The van der Waals surface area contributed by atoms with Gasteiger partial charge in [0.1, 0.15) is 0 Å². The third kappa shape index (κ3) is 4.16. The number of benzene rings is 6. The van der Waals surface area contributed by atoms with Gasteiger partial charge in [0.2, 0.25) is 0 Å². The van der Waals surface area contributed by atoms with E-state index in [0.29, 0.717) is 0 Å². The Kier molecular flexibility index (Phi) is 6.72. The van der Waals surface area contributed by atoms with Gasteiger partial charge in [0.05, 0.1) is 5.41 Å². The standard InChI is InChI=1S/C41H35N/c1-3-30-19-23-34(24-20-30)42(35-25-21-31(4-2)22-26-35)36-27-28-38-37-17-11-12-18-39(37)41(40(38)29-36,32-13-7-5-8-14-32)33-15-9-6-10-16-33/h5-29H,3-4H2,1-2H3. The summed E-state index contributed by atoms with van der Waals surface area (Å²) < 4.78 is 0. The van der Waals surface area contributed by atoms with Crippen molar-refractivity contribution in [2.75, 3.05) is 4.90 Å². The van der Waals surface area contributed by atoms with Crippen LogP contribution in [-0.4, -0.2) is 0 Å². The molecule has 0 bridgehead atoms. The van der Waals surface area contributed by atoms with Crippen molar-refractivity contribution >= 4 is 17.1 Å². The molecule has 1 heteroatoms. The molecule has 0 N–H and O–H groups in total. The molecular weight excluding hydrogens is 506 g/mol. The number of hydrogen-bond acceptors (Lipinski definition) is 1. The Bertz CT molecular complexity index is 1730. The molecular formula is C41H35N. The number of hydrogen-bond donors (Lipinski definition) is 0. The van der Waals surface area contributed by atoms with Crippen LogP contribution in [0.2, 0.25) is 0 Å². The van der Waals surface area contributed by atoms with E-state index in [1.807, 2.05) is 0 Å². The van der Waals surface area contributed by atoms with Gasteiger partial charge in [0, 0.05) is 17.1 Å². The van der Waals surface area contributed by atoms with E-state index in [1.54, 1.807) is 0 Å². The molecule has 0 heterocycles. The molecule has 0 spiro atoms. The smallest absolute Gasteiger partial charge is 0.0714 e. The molecule has 6 aromatic carbocycles. The molecule has 42 heavy (non-hydrogen) atoms. The molecule has 1 nitrogen and oxygen atoms in total. The van der Waals surface area contributed by atoms with Crippen LogP contribution in [-0.2, 0) is 18.3 Å². The van der Waals surface area contributed by atoms with Crippen LogP contribution >= 0.6 is 0 Å². The Morgan fingerprint density at radius 3 is 1.40 bits per heavy atom. The third-order valence-electron chi connectivity index (χ3n) is 8.91. The second kappa shape index (κ2) is 10.8. The molecule has 1 aliphatic carbocycles. The van der Waals surface area contributed by atoms with Gasteiger partial charge in [-0.05, 0) is 93.7 Å². The second-order valence-corrected chi connectivity index (χ2v) is 11.1. The van der Waals surface area contributed by atoms with Crippen molar-refractivity contribution < 1.29 is 0 Å². The van der Waals surface area contributed by atoms with Crippen molar-refractivity contribution in [1.82, 2.24) is 0 Å². The lowest BCUT2D eigenvalue weighted by atomic mass is 9.67. The zero-order chi connectivity index (χ0) is 28.5. The molecule has 0 amide bonds. The first kappa shape index (κ1) is 26.0. The SMILES string of the molecule is CCc1ccc(N(c2ccc(CC)cc2)c2ccc3c(c2)C(c2ccccc2)(c2ccccc2)c2ccccc2-3)cc1. The van der Waals surface area contributed by atoms with Crippen LogP contribution in [0.15, 0.2) is 152 Å². The van der Waals surface area contributed by atoms with Crippen LogP contribution in [0.5, 0.6) is 0 Å². The average molecular weight is 542 g/mol.